The summed E-state index contributed by atoms with van der Waals surface area (Å²) in [4.78, 5) is 0. The summed E-state index contributed by atoms with van der Waals surface area (Å²) >= 11 is 0. The first-order chi connectivity index (χ1) is 5.16. The predicted octanol–water partition coefficient (Wildman–Crippen LogP) is 4.00. The minimum Gasteiger partial charge on any atom is -0.0683 e. The van der Waals surface area contributed by atoms with Gasteiger partial charge >= 0.3 is 0 Å². The number of hydrogen-bond donors (Lipinski definition) is 0. The Bertz CT molecular complexity index is 123. The SMILES string of the molecule is CC.CC1(C)CCC12CCC2. The minimum absolute atomic E-state index is 0.714. The summed E-state index contributed by atoms with van der Waals surface area (Å²) in [6.07, 6.45) is 7.57. The lowest BCUT2D eigenvalue weighted by atomic mass is 9.43. The molecule has 2 fully saturated rings. The van der Waals surface area contributed by atoms with Gasteiger partial charge in [-0.1, -0.05) is 34.1 Å². The maximum Gasteiger partial charge on any atom is -0.0246 e. The first kappa shape index (κ1) is 9.09. The molecule has 0 N–H and O–H groups in total. The third-order valence-electron chi connectivity index (χ3n) is 3.97. The Morgan fingerprint density at radius 1 is 0.818 bits per heavy atom. The quantitative estimate of drug-likeness (QED) is 0.494. The van der Waals surface area contributed by atoms with Gasteiger partial charge in [-0.15, -0.1) is 0 Å². The lowest BCUT2D eigenvalue weighted by Crippen LogP contribution is -2.51. The van der Waals surface area contributed by atoms with E-state index in [0.29, 0.717) is 5.41 Å². The summed E-state index contributed by atoms with van der Waals surface area (Å²) in [6, 6.07) is 0. The molecule has 0 heteroatoms. The molecule has 0 heterocycles. The van der Waals surface area contributed by atoms with Crippen LogP contribution in [0.2, 0.25) is 0 Å². The lowest BCUT2D eigenvalue weighted by molar-refractivity contribution is -0.114. The summed E-state index contributed by atoms with van der Waals surface area (Å²) in [5.74, 6) is 0. The third kappa shape index (κ3) is 1.11. The zero-order valence-corrected chi connectivity index (χ0v) is 8.54. The highest BCUT2D eigenvalue weighted by Crippen LogP contribution is 2.66. The Balaban J connectivity index is 0.000000281. The largest absolute Gasteiger partial charge is 0.0683 e. The van der Waals surface area contributed by atoms with Crippen molar-refractivity contribution in [1.29, 1.82) is 0 Å². The van der Waals surface area contributed by atoms with E-state index in [0.717, 1.165) is 5.41 Å². The Kier molecular flexibility index (Phi) is 2.32. The van der Waals surface area contributed by atoms with Crippen LogP contribution < -0.4 is 0 Å². The second-order valence-corrected chi connectivity index (χ2v) is 4.52. The minimum atomic E-state index is 0.714. The van der Waals surface area contributed by atoms with Crippen molar-refractivity contribution in [3.05, 3.63) is 0 Å². The summed E-state index contributed by atoms with van der Waals surface area (Å²) in [5, 5.41) is 0. The zero-order chi connectivity index (χ0) is 8.54. The maximum atomic E-state index is 2.44. The van der Waals surface area contributed by atoms with E-state index in [4.69, 9.17) is 0 Å². The topological polar surface area (TPSA) is 0 Å². The summed E-state index contributed by atoms with van der Waals surface area (Å²) in [7, 11) is 0. The second-order valence-electron chi connectivity index (χ2n) is 4.52. The molecule has 0 aromatic rings. The maximum absolute atomic E-state index is 2.44. The van der Waals surface area contributed by atoms with E-state index in [1.165, 1.54) is 32.1 Å². The van der Waals surface area contributed by atoms with Gasteiger partial charge in [-0.3, -0.25) is 0 Å². The van der Waals surface area contributed by atoms with E-state index in [1.807, 2.05) is 13.8 Å². The highest BCUT2D eigenvalue weighted by molar-refractivity contribution is 5.06. The highest BCUT2D eigenvalue weighted by Gasteiger charge is 2.55. The fourth-order valence-corrected chi connectivity index (χ4v) is 2.51. The molecule has 66 valence electrons. The molecule has 2 aliphatic carbocycles. The van der Waals surface area contributed by atoms with Crippen molar-refractivity contribution in [2.24, 2.45) is 10.8 Å². The van der Waals surface area contributed by atoms with E-state index < -0.39 is 0 Å². The van der Waals surface area contributed by atoms with Crippen molar-refractivity contribution < 1.29 is 0 Å². The molecule has 2 aliphatic rings. The van der Waals surface area contributed by atoms with E-state index in [2.05, 4.69) is 13.8 Å². The number of rotatable bonds is 0. The number of hydrogen-bond acceptors (Lipinski definition) is 0. The predicted molar refractivity (Wildman–Crippen MR) is 50.6 cm³/mol. The van der Waals surface area contributed by atoms with Crippen LogP contribution in [0.1, 0.15) is 59.8 Å². The summed E-state index contributed by atoms with van der Waals surface area (Å²) < 4.78 is 0. The van der Waals surface area contributed by atoms with Crippen molar-refractivity contribution in [1.82, 2.24) is 0 Å². The van der Waals surface area contributed by atoms with Crippen molar-refractivity contribution in [3.8, 4) is 0 Å². The zero-order valence-electron chi connectivity index (χ0n) is 8.54. The van der Waals surface area contributed by atoms with Crippen LogP contribution in [0.15, 0.2) is 0 Å². The van der Waals surface area contributed by atoms with Crippen molar-refractivity contribution in [2.75, 3.05) is 0 Å². The van der Waals surface area contributed by atoms with Crippen molar-refractivity contribution in [3.63, 3.8) is 0 Å². The Hall–Kier alpha value is 0. The van der Waals surface area contributed by atoms with E-state index >= 15 is 0 Å². The van der Waals surface area contributed by atoms with Crippen LogP contribution in [-0.2, 0) is 0 Å². The molecular formula is C11H22. The molecule has 0 aliphatic heterocycles. The summed E-state index contributed by atoms with van der Waals surface area (Å²) in [6.45, 7) is 8.88. The van der Waals surface area contributed by atoms with Gasteiger partial charge in [0, 0.05) is 0 Å². The third-order valence-corrected chi connectivity index (χ3v) is 3.97. The van der Waals surface area contributed by atoms with E-state index in [-0.39, 0.29) is 0 Å². The van der Waals surface area contributed by atoms with Gasteiger partial charge in [0.05, 0.1) is 0 Å². The normalized spacial score (nSPS) is 29.5. The molecular weight excluding hydrogens is 132 g/mol. The Morgan fingerprint density at radius 3 is 1.36 bits per heavy atom. The average molecular weight is 154 g/mol. The Morgan fingerprint density at radius 2 is 1.36 bits per heavy atom. The van der Waals surface area contributed by atoms with Crippen LogP contribution in [-0.4, -0.2) is 0 Å². The van der Waals surface area contributed by atoms with Gasteiger partial charge in [0.15, 0.2) is 0 Å². The highest BCUT2D eigenvalue weighted by atomic mass is 14.6. The molecule has 0 nitrogen and oxygen atoms in total. The molecule has 0 aromatic heterocycles. The van der Waals surface area contributed by atoms with Crippen LogP contribution in [0.25, 0.3) is 0 Å². The standard InChI is InChI=1S/C9H16.C2H6/c1-8(2)6-7-9(8)4-3-5-9;1-2/h3-7H2,1-2H3;1-2H3. The molecule has 0 amide bonds. The summed E-state index contributed by atoms with van der Waals surface area (Å²) in [5.41, 5.74) is 1.55. The molecule has 0 saturated heterocycles. The molecule has 0 atom stereocenters. The molecule has 2 rings (SSSR count). The fraction of sp³-hybridized carbons (Fsp3) is 1.00. The van der Waals surface area contributed by atoms with Crippen LogP contribution in [0.5, 0.6) is 0 Å². The molecule has 0 bridgehead atoms. The lowest BCUT2D eigenvalue weighted by Gasteiger charge is -2.62. The monoisotopic (exact) mass is 154 g/mol. The molecule has 11 heavy (non-hydrogen) atoms. The van der Waals surface area contributed by atoms with Gasteiger partial charge in [-0.05, 0) is 36.5 Å². The Labute approximate surface area is 71.4 Å². The first-order valence-electron chi connectivity index (χ1n) is 5.16. The van der Waals surface area contributed by atoms with Crippen molar-refractivity contribution in [2.45, 2.75) is 59.8 Å². The first-order valence-corrected chi connectivity index (χ1v) is 5.16. The van der Waals surface area contributed by atoms with Crippen molar-refractivity contribution >= 4 is 0 Å². The van der Waals surface area contributed by atoms with E-state index in [1.54, 1.807) is 0 Å². The second kappa shape index (κ2) is 2.80. The average Bonchev–Trinajstić information content (AvgIpc) is 1.87. The van der Waals surface area contributed by atoms with Crippen LogP contribution in [0, 0.1) is 10.8 Å². The van der Waals surface area contributed by atoms with Gasteiger partial charge < -0.3 is 0 Å². The van der Waals surface area contributed by atoms with Gasteiger partial charge in [-0.2, -0.15) is 0 Å². The molecule has 2 saturated carbocycles. The van der Waals surface area contributed by atoms with Crippen LogP contribution in [0.4, 0.5) is 0 Å². The molecule has 0 unspecified atom stereocenters. The molecule has 0 radical (unpaired) electrons. The van der Waals surface area contributed by atoms with Gasteiger partial charge in [-0.25, -0.2) is 0 Å². The molecule has 0 aromatic carbocycles. The smallest absolute Gasteiger partial charge is 0.0246 e. The van der Waals surface area contributed by atoms with Crippen LogP contribution >= 0.6 is 0 Å². The van der Waals surface area contributed by atoms with Crippen LogP contribution in [0.3, 0.4) is 0 Å². The van der Waals surface area contributed by atoms with E-state index in [9.17, 15) is 0 Å². The van der Waals surface area contributed by atoms with Gasteiger partial charge in [0.25, 0.3) is 0 Å². The fourth-order valence-electron chi connectivity index (χ4n) is 2.51. The van der Waals surface area contributed by atoms with Gasteiger partial charge in [0.2, 0.25) is 0 Å². The molecule has 1 spiro atoms. The van der Waals surface area contributed by atoms with Gasteiger partial charge in [0.1, 0.15) is 0 Å².